The van der Waals surface area contributed by atoms with Crippen molar-refractivity contribution in [3.63, 3.8) is 0 Å². The van der Waals surface area contributed by atoms with Crippen LogP contribution in [-0.2, 0) is 10.2 Å². The van der Waals surface area contributed by atoms with Crippen LogP contribution in [0, 0.1) is 0 Å². The van der Waals surface area contributed by atoms with Gasteiger partial charge in [0.05, 0.1) is 6.61 Å². The van der Waals surface area contributed by atoms with Crippen LogP contribution in [0.4, 0.5) is 0 Å². The zero-order chi connectivity index (χ0) is 11.8. The summed E-state index contributed by atoms with van der Waals surface area (Å²) in [5, 5.41) is 9.20. The monoisotopic (exact) mass is 248 g/mol. The molecule has 1 heterocycles. The van der Waals surface area contributed by atoms with Crippen molar-refractivity contribution in [1.82, 2.24) is 9.03 Å². The molecule has 6 heteroatoms. The smallest absolute Gasteiger partial charge is 0.280 e. The number of rotatable bonds is 4. The van der Waals surface area contributed by atoms with E-state index < -0.39 is 10.2 Å². The summed E-state index contributed by atoms with van der Waals surface area (Å²) < 4.78 is 28.4. The van der Waals surface area contributed by atoms with Gasteiger partial charge in [0.1, 0.15) is 0 Å². The van der Waals surface area contributed by atoms with Crippen LogP contribution in [0.15, 0.2) is 0 Å². The van der Waals surface area contributed by atoms with Crippen molar-refractivity contribution in [2.45, 2.75) is 50.6 Å². The maximum atomic E-state index is 12.1. The Bertz CT molecular complexity index is 351. The molecule has 2 aliphatic rings. The summed E-state index contributed by atoms with van der Waals surface area (Å²) in [5.41, 5.74) is -0.240. The van der Waals surface area contributed by atoms with Gasteiger partial charge in [-0.2, -0.15) is 17.4 Å². The average Bonchev–Trinajstić information content (AvgIpc) is 2.95. The minimum absolute atomic E-state index is 0.0857. The van der Waals surface area contributed by atoms with E-state index >= 15 is 0 Å². The van der Waals surface area contributed by atoms with Crippen LogP contribution in [0.3, 0.4) is 0 Å². The van der Waals surface area contributed by atoms with E-state index in [2.05, 4.69) is 4.72 Å². The lowest BCUT2D eigenvalue weighted by molar-refractivity contribution is 0.153. The fourth-order valence-corrected chi connectivity index (χ4v) is 4.01. The Kier molecular flexibility index (Phi) is 3.27. The highest BCUT2D eigenvalue weighted by Crippen LogP contribution is 2.36. The zero-order valence-electron chi connectivity index (χ0n) is 9.65. The predicted molar refractivity (Wildman–Crippen MR) is 61.1 cm³/mol. The zero-order valence-corrected chi connectivity index (χ0v) is 10.5. The first kappa shape index (κ1) is 12.3. The second-order valence-corrected chi connectivity index (χ2v) is 6.73. The normalized spacial score (nSPS) is 30.2. The molecule has 0 aromatic rings. The third-order valence-corrected chi connectivity index (χ3v) is 5.32. The van der Waals surface area contributed by atoms with Gasteiger partial charge < -0.3 is 5.11 Å². The van der Waals surface area contributed by atoms with Crippen LogP contribution < -0.4 is 4.72 Å². The van der Waals surface area contributed by atoms with Gasteiger partial charge in [-0.3, -0.25) is 0 Å². The number of aliphatic hydroxyl groups excluding tert-OH is 1. The molecule has 0 aromatic heterocycles. The van der Waals surface area contributed by atoms with Crippen molar-refractivity contribution in [2.24, 2.45) is 0 Å². The molecule has 0 spiro atoms. The summed E-state index contributed by atoms with van der Waals surface area (Å²) in [6.45, 7) is 2.36. The highest BCUT2D eigenvalue weighted by atomic mass is 32.2. The summed E-state index contributed by atoms with van der Waals surface area (Å²) in [7, 11) is -3.42. The second-order valence-electron chi connectivity index (χ2n) is 5.11. The first-order valence-electron chi connectivity index (χ1n) is 5.88. The number of nitrogens with one attached hydrogen (secondary N) is 1. The minimum atomic E-state index is -3.42. The molecular formula is C10H20N2O3S. The van der Waals surface area contributed by atoms with E-state index in [4.69, 9.17) is 0 Å². The fourth-order valence-electron chi connectivity index (χ4n) is 2.13. The Balaban J connectivity index is 2.08. The Labute approximate surface area is 97.0 Å². The predicted octanol–water partition coefficient (Wildman–Crippen LogP) is 0.220. The quantitative estimate of drug-likeness (QED) is 0.748. The third kappa shape index (κ3) is 2.56. The maximum absolute atomic E-state index is 12.1. The molecule has 94 valence electrons. The van der Waals surface area contributed by atoms with Gasteiger partial charge in [0.2, 0.25) is 0 Å². The first-order valence-corrected chi connectivity index (χ1v) is 7.32. The van der Waals surface area contributed by atoms with Gasteiger partial charge in [-0.05, 0) is 32.6 Å². The standard InChI is InChI=1S/C10H20N2O3S/c1-10(5-6-10)11-16(14,15)12-7-3-2-4-9(12)8-13/h9,11,13H,2-8H2,1H3. The maximum Gasteiger partial charge on any atom is 0.280 e. The van der Waals surface area contributed by atoms with Crippen LogP contribution in [0.5, 0.6) is 0 Å². The third-order valence-electron chi connectivity index (χ3n) is 3.47. The molecule has 1 saturated heterocycles. The van der Waals surface area contributed by atoms with E-state index in [0.717, 1.165) is 32.1 Å². The molecule has 16 heavy (non-hydrogen) atoms. The molecule has 2 rings (SSSR count). The van der Waals surface area contributed by atoms with Gasteiger partial charge >= 0.3 is 0 Å². The lowest BCUT2D eigenvalue weighted by atomic mass is 10.1. The number of nitrogens with zero attached hydrogens (tertiary/aromatic N) is 1. The minimum Gasteiger partial charge on any atom is -0.395 e. The van der Waals surface area contributed by atoms with E-state index in [-0.39, 0.29) is 18.2 Å². The van der Waals surface area contributed by atoms with E-state index in [1.54, 1.807) is 0 Å². The number of hydrogen-bond donors (Lipinski definition) is 2. The van der Waals surface area contributed by atoms with Crippen molar-refractivity contribution >= 4 is 10.2 Å². The number of aliphatic hydroxyl groups is 1. The summed E-state index contributed by atoms with van der Waals surface area (Å²) >= 11 is 0. The Morgan fingerprint density at radius 2 is 2.12 bits per heavy atom. The molecule has 1 saturated carbocycles. The SMILES string of the molecule is CC1(NS(=O)(=O)N2CCCCC2CO)CC1. The van der Waals surface area contributed by atoms with Gasteiger partial charge in [-0.15, -0.1) is 0 Å². The summed E-state index contributed by atoms with van der Waals surface area (Å²) in [6, 6.07) is -0.242. The Morgan fingerprint density at radius 3 is 2.69 bits per heavy atom. The molecule has 2 fully saturated rings. The summed E-state index contributed by atoms with van der Waals surface area (Å²) in [4.78, 5) is 0. The largest absolute Gasteiger partial charge is 0.395 e. The summed E-state index contributed by atoms with van der Waals surface area (Å²) in [5.74, 6) is 0. The van der Waals surface area contributed by atoms with Crippen molar-refractivity contribution in [3.8, 4) is 0 Å². The van der Waals surface area contributed by atoms with E-state index in [0.29, 0.717) is 6.54 Å². The van der Waals surface area contributed by atoms with E-state index in [9.17, 15) is 13.5 Å². The average molecular weight is 248 g/mol. The molecule has 0 aromatic carbocycles. The van der Waals surface area contributed by atoms with Crippen LogP contribution >= 0.6 is 0 Å². The molecule has 1 aliphatic heterocycles. The number of hydrogen-bond acceptors (Lipinski definition) is 3. The Morgan fingerprint density at radius 1 is 1.44 bits per heavy atom. The lowest BCUT2D eigenvalue weighted by Crippen LogP contribution is -2.52. The highest BCUT2D eigenvalue weighted by Gasteiger charge is 2.44. The van der Waals surface area contributed by atoms with Crippen LogP contribution in [0.1, 0.15) is 39.0 Å². The van der Waals surface area contributed by atoms with E-state index in [1.165, 1.54) is 4.31 Å². The molecular weight excluding hydrogens is 228 g/mol. The summed E-state index contributed by atoms with van der Waals surface area (Å²) in [6.07, 6.45) is 4.45. The number of piperidine rings is 1. The van der Waals surface area contributed by atoms with Gasteiger partial charge in [0.25, 0.3) is 10.2 Å². The van der Waals surface area contributed by atoms with Crippen LogP contribution in [0.2, 0.25) is 0 Å². The van der Waals surface area contributed by atoms with Gasteiger partial charge in [0.15, 0.2) is 0 Å². The Hall–Kier alpha value is -0.170. The van der Waals surface area contributed by atoms with E-state index in [1.807, 2.05) is 6.92 Å². The van der Waals surface area contributed by atoms with Crippen molar-refractivity contribution in [2.75, 3.05) is 13.2 Å². The molecule has 2 N–H and O–H groups in total. The van der Waals surface area contributed by atoms with Crippen molar-refractivity contribution in [3.05, 3.63) is 0 Å². The molecule has 5 nitrogen and oxygen atoms in total. The van der Waals surface area contributed by atoms with Crippen molar-refractivity contribution < 1.29 is 13.5 Å². The fraction of sp³-hybridized carbons (Fsp3) is 1.00. The molecule has 1 atom stereocenters. The molecule has 0 radical (unpaired) electrons. The molecule has 1 unspecified atom stereocenters. The first-order chi connectivity index (χ1) is 7.47. The van der Waals surface area contributed by atoms with Crippen LogP contribution in [-0.4, -0.2) is 42.6 Å². The molecule has 0 amide bonds. The van der Waals surface area contributed by atoms with Gasteiger partial charge in [-0.25, -0.2) is 0 Å². The lowest BCUT2D eigenvalue weighted by Gasteiger charge is -2.34. The van der Waals surface area contributed by atoms with Gasteiger partial charge in [0, 0.05) is 18.1 Å². The molecule has 1 aliphatic carbocycles. The topological polar surface area (TPSA) is 69.6 Å². The van der Waals surface area contributed by atoms with Crippen molar-refractivity contribution in [1.29, 1.82) is 0 Å². The van der Waals surface area contributed by atoms with Gasteiger partial charge in [-0.1, -0.05) is 6.42 Å². The second kappa shape index (κ2) is 4.25. The molecule has 0 bridgehead atoms. The van der Waals surface area contributed by atoms with Crippen LogP contribution in [0.25, 0.3) is 0 Å². The highest BCUT2D eigenvalue weighted by molar-refractivity contribution is 7.87.